The molecule has 0 heterocycles. The zero-order valence-corrected chi connectivity index (χ0v) is 12.2. The molecule has 2 heteroatoms. The van der Waals surface area contributed by atoms with E-state index in [0.717, 1.165) is 17.8 Å². The van der Waals surface area contributed by atoms with Crippen molar-refractivity contribution in [3.8, 4) is 0 Å². The van der Waals surface area contributed by atoms with Crippen LogP contribution in [0.15, 0.2) is 24.3 Å². The van der Waals surface area contributed by atoms with Crippen molar-refractivity contribution in [1.82, 2.24) is 0 Å². The van der Waals surface area contributed by atoms with Gasteiger partial charge in [-0.05, 0) is 72.8 Å². The van der Waals surface area contributed by atoms with Gasteiger partial charge in [0.1, 0.15) is 0 Å². The Morgan fingerprint density at radius 1 is 0.950 bits per heavy atom. The fraction of sp³-hybridized carbons (Fsp3) is 0.667. The second-order valence-electron chi connectivity index (χ2n) is 7.66. The van der Waals surface area contributed by atoms with Crippen LogP contribution in [-0.4, -0.2) is 6.54 Å². The lowest BCUT2D eigenvalue weighted by atomic mass is 9.48. The van der Waals surface area contributed by atoms with Crippen LogP contribution < -0.4 is 11.5 Å². The minimum atomic E-state index is -0.0135. The third-order valence-corrected chi connectivity index (χ3v) is 6.24. The average molecular weight is 270 g/mol. The molecule has 0 radical (unpaired) electrons. The van der Waals surface area contributed by atoms with E-state index in [4.69, 9.17) is 11.5 Å². The lowest BCUT2D eigenvalue weighted by Crippen LogP contribution is -2.48. The van der Waals surface area contributed by atoms with Gasteiger partial charge in [0.05, 0.1) is 0 Å². The minimum Gasteiger partial charge on any atom is -0.329 e. The number of hydrogen-bond donors (Lipinski definition) is 2. The maximum atomic E-state index is 6.03. The van der Waals surface area contributed by atoms with E-state index in [2.05, 4.69) is 24.3 Å². The molecule has 0 spiro atoms. The number of hydrogen-bond acceptors (Lipinski definition) is 2. The first-order valence-corrected chi connectivity index (χ1v) is 8.24. The molecule has 0 aliphatic heterocycles. The molecule has 4 aliphatic rings. The van der Waals surface area contributed by atoms with E-state index in [1.54, 1.807) is 5.56 Å². The monoisotopic (exact) mass is 270 g/mol. The van der Waals surface area contributed by atoms with Crippen molar-refractivity contribution >= 4 is 0 Å². The van der Waals surface area contributed by atoms with E-state index >= 15 is 0 Å². The van der Waals surface area contributed by atoms with Crippen LogP contribution in [0.3, 0.4) is 0 Å². The Hall–Kier alpha value is -0.860. The third-order valence-electron chi connectivity index (χ3n) is 6.24. The van der Waals surface area contributed by atoms with Gasteiger partial charge in [0.2, 0.25) is 0 Å². The van der Waals surface area contributed by atoms with Crippen molar-refractivity contribution in [3.05, 3.63) is 35.4 Å². The van der Waals surface area contributed by atoms with Crippen LogP contribution in [0.25, 0.3) is 0 Å². The first-order valence-electron chi connectivity index (χ1n) is 8.24. The van der Waals surface area contributed by atoms with Crippen LogP contribution in [0.1, 0.15) is 55.7 Å². The molecular weight excluding hydrogens is 244 g/mol. The Labute approximate surface area is 121 Å². The second-order valence-corrected chi connectivity index (χ2v) is 7.66. The van der Waals surface area contributed by atoms with Crippen LogP contribution in [-0.2, 0) is 5.41 Å². The van der Waals surface area contributed by atoms with Crippen LogP contribution in [0, 0.1) is 17.8 Å². The predicted molar refractivity (Wildman–Crippen MR) is 82.3 cm³/mol. The van der Waals surface area contributed by atoms with Gasteiger partial charge >= 0.3 is 0 Å². The van der Waals surface area contributed by atoms with E-state index in [-0.39, 0.29) is 6.04 Å². The van der Waals surface area contributed by atoms with Crippen molar-refractivity contribution in [2.75, 3.05) is 6.54 Å². The number of benzene rings is 1. The average Bonchev–Trinajstić information content (AvgIpc) is 2.45. The summed E-state index contributed by atoms with van der Waals surface area (Å²) in [5.74, 6) is 3.02. The van der Waals surface area contributed by atoms with Crippen LogP contribution in [0.5, 0.6) is 0 Å². The summed E-state index contributed by atoms with van der Waals surface area (Å²) < 4.78 is 0. The number of nitrogens with two attached hydrogens (primary N) is 2. The topological polar surface area (TPSA) is 52.0 Å². The molecule has 0 amide bonds. The Bertz CT molecular complexity index is 455. The summed E-state index contributed by atoms with van der Waals surface area (Å²) in [6.45, 7) is 0.525. The summed E-state index contributed by atoms with van der Waals surface area (Å²) in [5.41, 5.74) is 14.9. The Balaban J connectivity index is 1.64. The summed E-state index contributed by atoms with van der Waals surface area (Å²) in [5, 5.41) is 0. The summed E-state index contributed by atoms with van der Waals surface area (Å²) in [6, 6.07) is 9.10. The lowest BCUT2D eigenvalue weighted by Gasteiger charge is -2.57. The fourth-order valence-electron chi connectivity index (χ4n) is 5.68. The van der Waals surface area contributed by atoms with Crippen molar-refractivity contribution < 1.29 is 0 Å². The normalized spacial score (nSPS) is 40.0. The first-order chi connectivity index (χ1) is 9.68. The molecule has 0 aromatic heterocycles. The van der Waals surface area contributed by atoms with Gasteiger partial charge in [0, 0.05) is 12.6 Å². The quantitative estimate of drug-likeness (QED) is 0.886. The summed E-state index contributed by atoms with van der Waals surface area (Å²) in [4.78, 5) is 0. The lowest BCUT2D eigenvalue weighted by molar-refractivity contribution is -0.00519. The summed E-state index contributed by atoms with van der Waals surface area (Å²) >= 11 is 0. The predicted octanol–water partition coefficient (Wildman–Crippen LogP) is 3.11. The highest BCUT2D eigenvalue weighted by atomic mass is 14.7. The third kappa shape index (κ3) is 1.93. The number of rotatable bonds is 3. The molecule has 20 heavy (non-hydrogen) atoms. The highest BCUT2D eigenvalue weighted by molar-refractivity contribution is 5.33. The van der Waals surface area contributed by atoms with Gasteiger partial charge in [0.25, 0.3) is 0 Å². The largest absolute Gasteiger partial charge is 0.329 e. The van der Waals surface area contributed by atoms with Crippen molar-refractivity contribution in [2.45, 2.75) is 50.0 Å². The Morgan fingerprint density at radius 2 is 1.45 bits per heavy atom. The fourth-order valence-corrected chi connectivity index (χ4v) is 5.68. The molecule has 108 valence electrons. The maximum absolute atomic E-state index is 6.03. The molecule has 1 unspecified atom stereocenters. The molecule has 0 saturated heterocycles. The Morgan fingerprint density at radius 3 is 1.90 bits per heavy atom. The van der Waals surface area contributed by atoms with E-state index in [1.165, 1.54) is 44.1 Å². The summed E-state index contributed by atoms with van der Waals surface area (Å²) in [6.07, 6.45) is 8.82. The molecule has 4 N–H and O–H groups in total. The molecule has 4 saturated carbocycles. The van der Waals surface area contributed by atoms with Gasteiger partial charge in [0.15, 0.2) is 0 Å². The van der Waals surface area contributed by atoms with E-state index in [9.17, 15) is 0 Å². The summed E-state index contributed by atoms with van der Waals surface area (Å²) in [7, 11) is 0. The van der Waals surface area contributed by atoms with Crippen molar-refractivity contribution in [3.63, 3.8) is 0 Å². The molecule has 2 nitrogen and oxygen atoms in total. The zero-order chi connectivity index (χ0) is 13.7. The SMILES string of the molecule is NCC(N)c1ccc(C23CC4CC(CC(C4)C2)C3)cc1. The van der Waals surface area contributed by atoms with E-state index in [1.807, 2.05) is 0 Å². The first kappa shape index (κ1) is 12.8. The van der Waals surface area contributed by atoms with E-state index in [0.29, 0.717) is 12.0 Å². The van der Waals surface area contributed by atoms with Gasteiger partial charge in [-0.15, -0.1) is 0 Å². The van der Waals surface area contributed by atoms with Gasteiger partial charge < -0.3 is 11.5 Å². The van der Waals surface area contributed by atoms with Crippen LogP contribution in [0.2, 0.25) is 0 Å². The van der Waals surface area contributed by atoms with Gasteiger partial charge in [-0.2, -0.15) is 0 Å². The van der Waals surface area contributed by atoms with Crippen molar-refractivity contribution in [2.24, 2.45) is 29.2 Å². The van der Waals surface area contributed by atoms with Crippen LogP contribution in [0.4, 0.5) is 0 Å². The van der Waals surface area contributed by atoms with Gasteiger partial charge in [-0.1, -0.05) is 24.3 Å². The Kier molecular flexibility index (Phi) is 2.94. The highest BCUT2D eigenvalue weighted by Crippen LogP contribution is 2.60. The standard InChI is InChI=1S/C18H26N2/c19-11-17(20)15-1-3-16(4-2-15)18-8-12-5-13(9-18)7-14(6-12)10-18/h1-4,12-14,17H,5-11,19-20H2. The van der Waals surface area contributed by atoms with Crippen molar-refractivity contribution in [1.29, 1.82) is 0 Å². The van der Waals surface area contributed by atoms with Gasteiger partial charge in [-0.3, -0.25) is 0 Å². The highest BCUT2D eigenvalue weighted by Gasteiger charge is 2.51. The molecule has 4 aliphatic carbocycles. The zero-order valence-electron chi connectivity index (χ0n) is 12.2. The smallest absolute Gasteiger partial charge is 0.0419 e. The molecule has 4 bridgehead atoms. The van der Waals surface area contributed by atoms with Gasteiger partial charge in [-0.25, -0.2) is 0 Å². The van der Waals surface area contributed by atoms with Crippen LogP contribution >= 0.6 is 0 Å². The molecule has 1 atom stereocenters. The van der Waals surface area contributed by atoms with E-state index < -0.39 is 0 Å². The molecular formula is C18H26N2. The maximum Gasteiger partial charge on any atom is 0.0419 e. The minimum absolute atomic E-state index is 0.0135. The molecule has 1 aromatic rings. The molecule has 4 fully saturated rings. The molecule has 5 rings (SSSR count). The second kappa shape index (κ2) is 4.57. The molecule has 1 aromatic carbocycles.